The molecule has 0 saturated heterocycles. The van der Waals surface area contributed by atoms with Crippen LogP contribution in [-0.2, 0) is 4.79 Å². The molecule has 0 aromatic rings. The Balaban J connectivity index is 2.31. The van der Waals surface area contributed by atoms with E-state index in [1.54, 1.807) is 7.05 Å². The van der Waals surface area contributed by atoms with Crippen molar-refractivity contribution in [1.29, 1.82) is 0 Å². The molecule has 6 heteroatoms. The number of carboxylic acid groups (broad SMARTS) is 1. The fourth-order valence-corrected chi connectivity index (χ4v) is 4.57. The van der Waals surface area contributed by atoms with E-state index in [0.29, 0.717) is 18.9 Å². The summed E-state index contributed by atoms with van der Waals surface area (Å²) >= 11 is 0. The van der Waals surface area contributed by atoms with Crippen molar-refractivity contribution < 1.29 is 25.2 Å². The molecule has 0 aromatic heterocycles. The largest absolute Gasteiger partial charge is 0.481 e. The third-order valence-corrected chi connectivity index (χ3v) is 6.51. The standard InChI is InChI=1S/C24H45NO5/c1-3-4-6-9-18-12-13-20(22(27)14-18)10-7-5-8-11-21(24(29)30)23(28)15-19(17-26)16-25-2/h12-13,18-23,25-28H,3-11,14-17H2,1-2H3,(H,29,30)/t18-,19+,20-,21+,22-,23-/m1/s1. The Morgan fingerprint density at radius 3 is 2.47 bits per heavy atom. The first-order chi connectivity index (χ1) is 14.4. The van der Waals surface area contributed by atoms with Crippen LogP contribution in [0.25, 0.3) is 0 Å². The number of carboxylic acids is 1. The van der Waals surface area contributed by atoms with Crippen molar-refractivity contribution >= 4 is 5.97 Å². The van der Waals surface area contributed by atoms with Gasteiger partial charge in [0.15, 0.2) is 0 Å². The Bertz CT molecular complexity index is 484. The fraction of sp³-hybridized carbons (Fsp3) is 0.875. The van der Waals surface area contributed by atoms with Gasteiger partial charge in [0.25, 0.3) is 0 Å². The van der Waals surface area contributed by atoms with Crippen LogP contribution >= 0.6 is 0 Å². The van der Waals surface area contributed by atoms with E-state index in [1.807, 2.05) is 0 Å². The van der Waals surface area contributed by atoms with E-state index in [-0.39, 0.29) is 31.0 Å². The van der Waals surface area contributed by atoms with E-state index in [4.69, 9.17) is 0 Å². The van der Waals surface area contributed by atoms with Crippen molar-refractivity contribution in [2.24, 2.45) is 23.7 Å². The molecule has 1 aliphatic rings. The maximum absolute atomic E-state index is 11.6. The number of allylic oxidation sites excluding steroid dienone is 1. The molecule has 1 rings (SSSR count). The van der Waals surface area contributed by atoms with Crippen LogP contribution in [0.2, 0.25) is 0 Å². The monoisotopic (exact) mass is 427 g/mol. The Morgan fingerprint density at radius 2 is 1.87 bits per heavy atom. The highest BCUT2D eigenvalue weighted by Gasteiger charge is 2.28. The number of aliphatic hydroxyl groups excluding tert-OH is 3. The summed E-state index contributed by atoms with van der Waals surface area (Å²) < 4.78 is 0. The SMILES string of the molecule is CCCCC[C@@H]1C=C[C@@H](CCCCC[C@H](C(=O)O)[C@H](O)C[C@H](CO)CNC)[C@H](O)C1. The number of nitrogens with one attached hydrogen (secondary N) is 1. The molecule has 30 heavy (non-hydrogen) atoms. The van der Waals surface area contributed by atoms with Gasteiger partial charge in [-0.15, -0.1) is 0 Å². The number of carbonyl (C=O) groups is 1. The topological polar surface area (TPSA) is 110 Å². The summed E-state index contributed by atoms with van der Waals surface area (Å²) in [4.78, 5) is 11.6. The number of unbranched alkanes of at least 4 members (excludes halogenated alkanes) is 4. The second-order valence-corrected chi connectivity index (χ2v) is 9.10. The summed E-state index contributed by atoms with van der Waals surface area (Å²) in [5.41, 5.74) is 0. The zero-order valence-electron chi connectivity index (χ0n) is 19.0. The van der Waals surface area contributed by atoms with Gasteiger partial charge in [0.05, 0.1) is 18.1 Å². The van der Waals surface area contributed by atoms with Crippen LogP contribution in [0.15, 0.2) is 12.2 Å². The first-order valence-corrected chi connectivity index (χ1v) is 12.0. The van der Waals surface area contributed by atoms with Gasteiger partial charge >= 0.3 is 5.97 Å². The molecule has 0 saturated carbocycles. The molecule has 0 heterocycles. The minimum Gasteiger partial charge on any atom is -0.481 e. The zero-order chi connectivity index (χ0) is 22.4. The zero-order valence-corrected chi connectivity index (χ0v) is 19.0. The van der Waals surface area contributed by atoms with Crippen LogP contribution in [0.4, 0.5) is 0 Å². The van der Waals surface area contributed by atoms with E-state index in [0.717, 1.165) is 32.1 Å². The second kappa shape index (κ2) is 15.8. The maximum Gasteiger partial charge on any atom is 0.309 e. The Morgan fingerprint density at radius 1 is 1.13 bits per heavy atom. The Kier molecular flexibility index (Phi) is 14.3. The molecule has 1 aliphatic carbocycles. The summed E-state index contributed by atoms with van der Waals surface area (Å²) in [6.45, 7) is 2.69. The molecule has 0 bridgehead atoms. The van der Waals surface area contributed by atoms with E-state index >= 15 is 0 Å². The third kappa shape index (κ3) is 10.4. The van der Waals surface area contributed by atoms with Gasteiger partial charge in [-0.1, -0.05) is 57.6 Å². The van der Waals surface area contributed by atoms with E-state index in [9.17, 15) is 25.2 Å². The first-order valence-electron chi connectivity index (χ1n) is 12.0. The van der Waals surface area contributed by atoms with Crippen molar-refractivity contribution in [3.63, 3.8) is 0 Å². The molecule has 0 spiro atoms. The minimum atomic E-state index is -0.969. The van der Waals surface area contributed by atoms with Gasteiger partial charge in [-0.2, -0.15) is 0 Å². The molecule has 0 aliphatic heterocycles. The minimum absolute atomic E-state index is 0.0685. The van der Waals surface area contributed by atoms with Crippen molar-refractivity contribution in [3.05, 3.63) is 12.2 Å². The Labute approximate surface area is 182 Å². The average Bonchev–Trinajstić information content (AvgIpc) is 2.71. The van der Waals surface area contributed by atoms with Gasteiger partial charge in [-0.25, -0.2) is 0 Å². The predicted octanol–water partition coefficient (Wildman–Crippen LogP) is 3.35. The van der Waals surface area contributed by atoms with Crippen LogP contribution in [-0.4, -0.2) is 58.8 Å². The van der Waals surface area contributed by atoms with Gasteiger partial charge < -0.3 is 25.7 Å². The summed E-state index contributed by atoms with van der Waals surface area (Å²) in [5.74, 6) is -1.19. The van der Waals surface area contributed by atoms with Gasteiger partial charge in [0.1, 0.15) is 0 Å². The summed E-state index contributed by atoms with van der Waals surface area (Å²) in [7, 11) is 1.77. The van der Waals surface area contributed by atoms with Crippen molar-refractivity contribution in [2.45, 2.75) is 89.8 Å². The first kappa shape index (κ1) is 27.1. The van der Waals surface area contributed by atoms with E-state index < -0.39 is 18.0 Å². The normalized spacial score (nSPS) is 24.5. The lowest BCUT2D eigenvalue weighted by molar-refractivity contribution is -0.146. The highest BCUT2D eigenvalue weighted by molar-refractivity contribution is 5.70. The molecule has 0 unspecified atom stereocenters. The molecule has 0 radical (unpaired) electrons. The van der Waals surface area contributed by atoms with Crippen molar-refractivity contribution in [1.82, 2.24) is 5.32 Å². The molecule has 0 amide bonds. The third-order valence-electron chi connectivity index (χ3n) is 6.51. The lowest BCUT2D eigenvalue weighted by atomic mass is 9.81. The van der Waals surface area contributed by atoms with Crippen LogP contribution in [0, 0.1) is 23.7 Å². The number of aliphatic hydroxyl groups is 3. The lowest BCUT2D eigenvalue weighted by Gasteiger charge is -2.28. The van der Waals surface area contributed by atoms with Crippen LogP contribution in [0.5, 0.6) is 0 Å². The summed E-state index contributed by atoms with van der Waals surface area (Å²) in [6.07, 6.45) is 13.2. The molecule has 6 nitrogen and oxygen atoms in total. The number of hydrogen-bond acceptors (Lipinski definition) is 5. The number of rotatable bonds is 17. The van der Waals surface area contributed by atoms with Gasteiger partial charge in [0, 0.05) is 12.5 Å². The van der Waals surface area contributed by atoms with Crippen molar-refractivity contribution in [3.8, 4) is 0 Å². The molecular formula is C24H45NO5. The van der Waals surface area contributed by atoms with Gasteiger partial charge in [0.2, 0.25) is 0 Å². The quantitative estimate of drug-likeness (QED) is 0.180. The van der Waals surface area contributed by atoms with Gasteiger partial charge in [-0.05, 0) is 57.5 Å². The lowest BCUT2D eigenvalue weighted by Crippen LogP contribution is -2.33. The van der Waals surface area contributed by atoms with Crippen molar-refractivity contribution in [2.75, 3.05) is 20.2 Å². The molecule has 176 valence electrons. The maximum atomic E-state index is 11.6. The summed E-state index contributed by atoms with van der Waals surface area (Å²) in [6, 6.07) is 0. The van der Waals surface area contributed by atoms with Gasteiger partial charge in [-0.3, -0.25) is 4.79 Å². The molecule has 5 N–H and O–H groups in total. The van der Waals surface area contributed by atoms with Crippen LogP contribution < -0.4 is 5.32 Å². The average molecular weight is 428 g/mol. The molecule has 6 atom stereocenters. The molecule has 0 fully saturated rings. The van der Waals surface area contributed by atoms with E-state index in [1.165, 1.54) is 25.7 Å². The fourth-order valence-electron chi connectivity index (χ4n) is 4.57. The number of aliphatic carboxylic acids is 1. The van der Waals surface area contributed by atoms with Crippen LogP contribution in [0.3, 0.4) is 0 Å². The summed E-state index contributed by atoms with van der Waals surface area (Å²) in [5, 5.41) is 42.6. The Hall–Kier alpha value is -0.950. The number of hydrogen-bond donors (Lipinski definition) is 5. The molecular weight excluding hydrogens is 382 g/mol. The highest BCUT2D eigenvalue weighted by atomic mass is 16.4. The van der Waals surface area contributed by atoms with E-state index in [2.05, 4.69) is 24.4 Å². The van der Waals surface area contributed by atoms with Crippen LogP contribution in [0.1, 0.15) is 77.6 Å². The predicted molar refractivity (Wildman–Crippen MR) is 120 cm³/mol. The molecule has 0 aromatic carbocycles. The smallest absolute Gasteiger partial charge is 0.309 e. The highest BCUT2D eigenvalue weighted by Crippen LogP contribution is 2.30. The second-order valence-electron chi connectivity index (χ2n) is 9.10.